The van der Waals surface area contributed by atoms with E-state index < -0.39 is 109 Å². The third-order valence-electron chi connectivity index (χ3n) is 7.75. The molecular formula is C29H44N2O13. The van der Waals surface area contributed by atoms with Crippen LogP contribution in [0.5, 0.6) is 0 Å². The Hall–Kier alpha value is -2.69. The first-order valence-corrected chi connectivity index (χ1v) is 14.7. The normalized spacial score (nSPS) is 34.8. The first kappa shape index (κ1) is 34.2. The topological polar surface area (TPSA) is 194 Å². The molecule has 4 heterocycles. The monoisotopic (exact) mass is 628 g/mol. The van der Waals surface area contributed by atoms with Gasteiger partial charge in [0.05, 0.1) is 42.5 Å². The molecule has 0 aromatic carbocycles. The Labute approximate surface area is 255 Å². The number of fused-ring (bicyclic) bond motifs is 2. The number of Topliss-reactive ketones (excluding diaryl/α,β-unsaturated/α-hetero) is 2. The van der Waals surface area contributed by atoms with Crippen molar-refractivity contribution in [3.05, 3.63) is 0 Å². The van der Waals surface area contributed by atoms with Crippen LogP contribution in [0.3, 0.4) is 0 Å². The molecule has 0 spiro atoms. The van der Waals surface area contributed by atoms with Gasteiger partial charge < -0.3 is 48.9 Å². The Kier molecular flexibility index (Phi) is 9.52. The molecule has 0 aromatic rings. The number of carboxylic acids is 1. The molecular weight excluding hydrogens is 584 g/mol. The third-order valence-corrected chi connectivity index (χ3v) is 7.75. The van der Waals surface area contributed by atoms with E-state index in [1.54, 1.807) is 48.5 Å². The maximum atomic E-state index is 13.6. The number of ether oxygens (including phenoxy) is 7. The van der Waals surface area contributed by atoms with Crippen molar-refractivity contribution in [1.82, 2.24) is 10.6 Å². The van der Waals surface area contributed by atoms with Gasteiger partial charge in [-0.05, 0) is 62.3 Å². The van der Waals surface area contributed by atoms with Crippen molar-refractivity contribution in [1.29, 1.82) is 0 Å². The molecule has 0 radical (unpaired) electrons. The van der Waals surface area contributed by atoms with Crippen molar-refractivity contribution >= 4 is 29.5 Å². The third kappa shape index (κ3) is 7.74. The number of carbonyl (C=O) groups excluding carboxylic acids is 4. The minimum Gasteiger partial charge on any atom is -0.481 e. The van der Waals surface area contributed by atoms with Crippen LogP contribution in [0.1, 0.15) is 75.2 Å². The molecule has 0 bridgehead atoms. The number of nitrogens with one attached hydrogen (secondary N) is 2. The second kappa shape index (κ2) is 12.2. The number of alkyl carbamates (subject to hydrolysis) is 1. The van der Waals surface area contributed by atoms with Gasteiger partial charge in [-0.2, -0.15) is 0 Å². The van der Waals surface area contributed by atoms with Gasteiger partial charge in [0, 0.05) is 6.42 Å². The molecule has 2 amide bonds. The summed E-state index contributed by atoms with van der Waals surface area (Å²) >= 11 is 0. The van der Waals surface area contributed by atoms with Crippen molar-refractivity contribution in [3.8, 4) is 0 Å². The SMILES string of the molecule is CC(=O)[C@@H]1[C@H]2OC(C)(C)O[C@H]2O[C@@H]1C(CC(=O)O)NC(=O)CC(NC(=O)OC(C)(C)C)[C@H]1O[C@@H]2OC(C)(C)O[C@@H]2[C@H]1C(C)=O. The molecule has 0 aromatic heterocycles. The van der Waals surface area contributed by atoms with Crippen molar-refractivity contribution in [2.45, 2.75) is 141 Å². The molecule has 10 atom stereocenters. The summed E-state index contributed by atoms with van der Waals surface area (Å²) in [6.45, 7) is 14.4. The summed E-state index contributed by atoms with van der Waals surface area (Å²) in [5, 5.41) is 15.0. The average Bonchev–Trinajstić information content (AvgIpc) is 3.50. The van der Waals surface area contributed by atoms with Crippen molar-refractivity contribution < 1.29 is 62.2 Å². The van der Waals surface area contributed by atoms with Crippen LogP contribution in [0.2, 0.25) is 0 Å². The average molecular weight is 629 g/mol. The predicted octanol–water partition coefficient (Wildman–Crippen LogP) is 1.39. The van der Waals surface area contributed by atoms with Gasteiger partial charge in [0.1, 0.15) is 29.4 Å². The number of hydrogen-bond donors (Lipinski definition) is 3. The van der Waals surface area contributed by atoms with E-state index in [1.165, 1.54) is 13.8 Å². The number of amides is 2. The molecule has 0 saturated carbocycles. The molecule has 4 aliphatic heterocycles. The lowest BCUT2D eigenvalue weighted by molar-refractivity contribution is -0.213. The zero-order valence-corrected chi connectivity index (χ0v) is 26.5. The van der Waals surface area contributed by atoms with E-state index in [2.05, 4.69) is 10.6 Å². The van der Waals surface area contributed by atoms with Crippen LogP contribution in [0, 0.1) is 11.8 Å². The van der Waals surface area contributed by atoms with Crippen LogP contribution in [0.4, 0.5) is 4.79 Å². The molecule has 3 N–H and O–H groups in total. The summed E-state index contributed by atoms with van der Waals surface area (Å²) in [6.07, 6.45) is -7.46. The highest BCUT2D eigenvalue weighted by molar-refractivity contribution is 5.83. The van der Waals surface area contributed by atoms with E-state index >= 15 is 0 Å². The summed E-state index contributed by atoms with van der Waals surface area (Å²) in [6, 6.07) is -2.29. The van der Waals surface area contributed by atoms with Crippen LogP contribution in [-0.4, -0.2) is 101 Å². The highest BCUT2D eigenvalue weighted by Crippen LogP contribution is 2.44. The summed E-state index contributed by atoms with van der Waals surface area (Å²) < 4.78 is 40.8. The zero-order valence-electron chi connectivity index (χ0n) is 26.5. The number of rotatable bonds is 10. The van der Waals surface area contributed by atoms with Gasteiger partial charge >= 0.3 is 12.1 Å². The van der Waals surface area contributed by atoms with Crippen LogP contribution in [0.15, 0.2) is 0 Å². The fraction of sp³-hybridized carbons (Fsp3) is 0.828. The summed E-state index contributed by atoms with van der Waals surface area (Å²) in [5.74, 6) is -6.43. The van der Waals surface area contributed by atoms with Crippen LogP contribution >= 0.6 is 0 Å². The van der Waals surface area contributed by atoms with Crippen LogP contribution in [0.25, 0.3) is 0 Å². The smallest absolute Gasteiger partial charge is 0.407 e. The van der Waals surface area contributed by atoms with E-state index in [0.717, 1.165) is 0 Å². The summed E-state index contributed by atoms with van der Waals surface area (Å²) in [4.78, 5) is 63.8. The fourth-order valence-corrected chi connectivity index (χ4v) is 6.29. The maximum absolute atomic E-state index is 13.6. The minimum atomic E-state index is -1.25. The highest BCUT2D eigenvalue weighted by atomic mass is 16.8. The molecule has 4 saturated heterocycles. The van der Waals surface area contributed by atoms with Crippen molar-refractivity contribution in [2.75, 3.05) is 0 Å². The van der Waals surface area contributed by atoms with Gasteiger partial charge in [-0.15, -0.1) is 0 Å². The molecule has 4 aliphatic rings. The second-order valence-electron chi connectivity index (χ2n) is 13.6. The van der Waals surface area contributed by atoms with E-state index in [-0.39, 0.29) is 11.6 Å². The molecule has 15 heteroatoms. The lowest BCUT2D eigenvalue weighted by atomic mass is 9.87. The Bertz CT molecular complexity index is 1160. The van der Waals surface area contributed by atoms with E-state index in [9.17, 15) is 29.1 Å². The van der Waals surface area contributed by atoms with Gasteiger partial charge in [0.25, 0.3) is 0 Å². The van der Waals surface area contributed by atoms with E-state index in [0.29, 0.717) is 0 Å². The Morgan fingerprint density at radius 1 is 0.750 bits per heavy atom. The van der Waals surface area contributed by atoms with E-state index in [1.807, 2.05) is 0 Å². The van der Waals surface area contributed by atoms with Crippen molar-refractivity contribution in [2.24, 2.45) is 11.8 Å². The Morgan fingerprint density at radius 3 is 1.57 bits per heavy atom. The molecule has 4 fully saturated rings. The first-order chi connectivity index (χ1) is 20.2. The van der Waals surface area contributed by atoms with Crippen LogP contribution < -0.4 is 10.6 Å². The first-order valence-electron chi connectivity index (χ1n) is 14.7. The number of ketones is 2. The number of hydrogen-bond acceptors (Lipinski definition) is 12. The summed E-state index contributed by atoms with van der Waals surface area (Å²) in [7, 11) is 0. The highest BCUT2D eigenvalue weighted by Gasteiger charge is 2.60. The standard InChI is InChI=1S/C29H44N2O13/c1-12(32)18-20(38-24-22(18)40-28(6,7)42-24)14(31-26(37)44-27(3,4)5)10-16(34)30-15(11-17(35)36)21-19(13(2)33)23-25(39-21)43-29(8,9)41-23/h14-15,18-25H,10-11H2,1-9H3,(H,30,34)(H,31,37)(H,35,36)/t14?,15?,18-,19-,20+,21+,22+,23+,24+,25+/m0/s1. The quantitative estimate of drug-likeness (QED) is 0.314. The zero-order chi connectivity index (χ0) is 32.9. The van der Waals surface area contributed by atoms with Gasteiger partial charge in [0.15, 0.2) is 24.2 Å². The Morgan fingerprint density at radius 2 is 1.18 bits per heavy atom. The second-order valence-corrected chi connectivity index (χ2v) is 13.6. The molecule has 2 unspecified atom stereocenters. The van der Waals surface area contributed by atoms with E-state index in [4.69, 9.17) is 33.2 Å². The minimum absolute atomic E-state index is 0.304. The summed E-state index contributed by atoms with van der Waals surface area (Å²) in [5.41, 5.74) is -0.870. The van der Waals surface area contributed by atoms with Crippen molar-refractivity contribution in [3.63, 3.8) is 0 Å². The molecule has 248 valence electrons. The number of carbonyl (C=O) groups is 5. The maximum Gasteiger partial charge on any atom is 0.407 e. The molecule has 44 heavy (non-hydrogen) atoms. The van der Waals surface area contributed by atoms with Crippen LogP contribution in [-0.2, 0) is 52.3 Å². The van der Waals surface area contributed by atoms with Gasteiger partial charge in [-0.3, -0.25) is 19.2 Å². The largest absolute Gasteiger partial charge is 0.481 e. The lowest BCUT2D eigenvalue weighted by Gasteiger charge is -2.32. The lowest BCUT2D eigenvalue weighted by Crippen LogP contribution is -2.54. The fourth-order valence-electron chi connectivity index (χ4n) is 6.29. The van der Waals surface area contributed by atoms with Gasteiger partial charge in [-0.25, -0.2) is 4.79 Å². The molecule has 4 rings (SSSR count). The van der Waals surface area contributed by atoms with Gasteiger partial charge in [-0.1, -0.05) is 0 Å². The van der Waals surface area contributed by atoms with Gasteiger partial charge in [0.2, 0.25) is 5.91 Å². The Balaban J connectivity index is 1.56. The molecule has 0 aliphatic carbocycles. The predicted molar refractivity (Wildman–Crippen MR) is 148 cm³/mol. The molecule has 15 nitrogen and oxygen atoms in total. The number of aliphatic carboxylic acids is 1. The number of carboxylic acid groups (broad SMARTS) is 1.